The van der Waals surface area contributed by atoms with E-state index in [-0.39, 0.29) is 0 Å². The van der Waals surface area contributed by atoms with Gasteiger partial charge in [0, 0.05) is 49.2 Å². The standard InChI is InChI=1S/C25H28N5P/c1-17-5-6-18-19-16-29(14-11-22(19)30(31)23(18)15-17)25-10-8-20-21(27-25)7-9-24(26-20)28-12-3-2-4-13-28/h5-10,15H,2-4,11-14,16,31H2,1H3. The molecule has 0 aliphatic carbocycles. The normalized spacial score (nSPS) is 16.8. The Morgan fingerprint density at radius 2 is 1.52 bits per heavy atom. The van der Waals surface area contributed by atoms with Crippen molar-refractivity contribution in [1.29, 1.82) is 0 Å². The van der Waals surface area contributed by atoms with Gasteiger partial charge in [-0.2, -0.15) is 0 Å². The minimum atomic E-state index is 0.897. The van der Waals surface area contributed by atoms with Gasteiger partial charge >= 0.3 is 0 Å². The van der Waals surface area contributed by atoms with Gasteiger partial charge in [0.1, 0.15) is 11.6 Å². The number of fused-ring (bicyclic) bond motifs is 4. The van der Waals surface area contributed by atoms with Crippen molar-refractivity contribution in [3.63, 3.8) is 0 Å². The van der Waals surface area contributed by atoms with E-state index < -0.39 is 0 Å². The molecule has 6 heteroatoms. The minimum Gasteiger partial charge on any atom is -0.357 e. The first-order valence-corrected chi connectivity index (χ1v) is 11.8. The lowest BCUT2D eigenvalue weighted by atomic mass is 10.0. The average molecular weight is 430 g/mol. The quantitative estimate of drug-likeness (QED) is 0.416. The average Bonchev–Trinajstić information content (AvgIpc) is 3.09. The van der Waals surface area contributed by atoms with Crippen LogP contribution in [0.4, 0.5) is 11.6 Å². The van der Waals surface area contributed by atoms with E-state index in [9.17, 15) is 0 Å². The van der Waals surface area contributed by atoms with Gasteiger partial charge in [0.25, 0.3) is 0 Å². The van der Waals surface area contributed by atoms with Crippen LogP contribution in [0.1, 0.15) is 36.1 Å². The van der Waals surface area contributed by atoms with Crippen molar-refractivity contribution in [1.82, 2.24) is 14.3 Å². The molecule has 0 spiro atoms. The molecule has 2 aliphatic rings. The zero-order chi connectivity index (χ0) is 20.9. The van der Waals surface area contributed by atoms with E-state index in [1.54, 1.807) is 0 Å². The van der Waals surface area contributed by atoms with Crippen LogP contribution >= 0.6 is 9.39 Å². The number of benzene rings is 1. The molecule has 0 bridgehead atoms. The van der Waals surface area contributed by atoms with Crippen molar-refractivity contribution in [3.05, 3.63) is 59.3 Å². The van der Waals surface area contributed by atoms with E-state index in [1.807, 2.05) is 0 Å². The largest absolute Gasteiger partial charge is 0.357 e. The van der Waals surface area contributed by atoms with Crippen molar-refractivity contribution in [2.45, 2.75) is 39.2 Å². The fraction of sp³-hybridized carbons (Fsp3) is 0.360. The number of hydrogen-bond donors (Lipinski definition) is 0. The fourth-order valence-corrected chi connectivity index (χ4v) is 5.66. The maximum Gasteiger partial charge on any atom is 0.129 e. The van der Waals surface area contributed by atoms with Gasteiger partial charge in [0.05, 0.1) is 16.6 Å². The highest BCUT2D eigenvalue weighted by atomic mass is 31.0. The lowest BCUT2D eigenvalue weighted by Gasteiger charge is -2.29. The highest BCUT2D eigenvalue weighted by Crippen LogP contribution is 2.34. The molecule has 5 nitrogen and oxygen atoms in total. The van der Waals surface area contributed by atoms with Crippen LogP contribution in [0.2, 0.25) is 0 Å². The zero-order valence-electron chi connectivity index (χ0n) is 18.0. The smallest absolute Gasteiger partial charge is 0.129 e. The maximum absolute atomic E-state index is 4.99. The Bertz CT molecular complexity index is 1290. The number of anilines is 2. The Kier molecular flexibility index (Phi) is 4.61. The molecule has 1 aromatic carbocycles. The summed E-state index contributed by atoms with van der Waals surface area (Å²) < 4.78 is 2.30. The molecule has 0 amide bonds. The fourth-order valence-electron chi connectivity index (χ4n) is 5.16. The van der Waals surface area contributed by atoms with Crippen LogP contribution < -0.4 is 9.80 Å². The highest BCUT2D eigenvalue weighted by molar-refractivity contribution is 7.15. The van der Waals surface area contributed by atoms with Crippen LogP contribution in [0.25, 0.3) is 21.9 Å². The monoisotopic (exact) mass is 429 g/mol. The third-order valence-corrected chi connectivity index (χ3v) is 7.45. The predicted octanol–water partition coefficient (Wildman–Crippen LogP) is 5.08. The Labute approximate surface area is 185 Å². The van der Waals surface area contributed by atoms with Gasteiger partial charge in [0.15, 0.2) is 0 Å². The summed E-state index contributed by atoms with van der Waals surface area (Å²) in [7, 11) is 2.91. The topological polar surface area (TPSA) is 37.2 Å². The predicted molar refractivity (Wildman–Crippen MR) is 132 cm³/mol. The first kappa shape index (κ1) is 19.1. The molecule has 0 N–H and O–H groups in total. The lowest BCUT2D eigenvalue weighted by molar-refractivity contribution is 0.574. The number of hydrogen-bond acceptors (Lipinski definition) is 4. The number of piperidine rings is 1. The molecular formula is C25H28N5P. The summed E-state index contributed by atoms with van der Waals surface area (Å²) in [5.74, 6) is 2.13. The number of aromatic nitrogens is 3. The number of pyridine rings is 2. The molecule has 158 valence electrons. The van der Waals surface area contributed by atoms with Crippen molar-refractivity contribution in [3.8, 4) is 0 Å². The molecule has 1 saturated heterocycles. The van der Waals surface area contributed by atoms with Gasteiger partial charge in [-0.15, -0.1) is 0 Å². The summed E-state index contributed by atoms with van der Waals surface area (Å²) in [6.07, 6.45) is 4.89. The first-order chi connectivity index (χ1) is 15.2. The summed E-state index contributed by atoms with van der Waals surface area (Å²) in [6.45, 7) is 6.26. The lowest BCUT2D eigenvalue weighted by Crippen LogP contribution is -2.31. The molecule has 5 heterocycles. The van der Waals surface area contributed by atoms with Crippen molar-refractivity contribution in [2.75, 3.05) is 29.4 Å². The van der Waals surface area contributed by atoms with Crippen LogP contribution in [0, 0.1) is 6.92 Å². The van der Waals surface area contributed by atoms with Gasteiger partial charge in [-0.1, -0.05) is 12.1 Å². The van der Waals surface area contributed by atoms with Gasteiger partial charge in [-0.05, 0) is 71.5 Å². The molecule has 6 rings (SSSR count). The Balaban J connectivity index is 1.32. The summed E-state index contributed by atoms with van der Waals surface area (Å²) in [5, 5.41) is 1.36. The van der Waals surface area contributed by atoms with Crippen LogP contribution in [-0.4, -0.2) is 33.9 Å². The second-order valence-corrected chi connectivity index (χ2v) is 9.43. The van der Waals surface area contributed by atoms with E-state index in [4.69, 9.17) is 9.97 Å². The van der Waals surface area contributed by atoms with Gasteiger partial charge in [-0.3, -0.25) is 0 Å². The van der Waals surface area contributed by atoms with Gasteiger partial charge in [0.2, 0.25) is 0 Å². The minimum absolute atomic E-state index is 0.897. The molecule has 2 aliphatic heterocycles. The van der Waals surface area contributed by atoms with Gasteiger partial charge in [-0.25, -0.2) is 9.97 Å². The van der Waals surface area contributed by atoms with E-state index in [1.165, 1.54) is 47.0 Å². The molecule has 3 aromatic heterocycles. The molecule has 1 fully saturated rings. The molecule has 4 aromatic rings. The number of nitrogens with zero attached hydrogens (tertiary/aromatic N) is 5. The van der Waals surface area contributed by atoms with Crippen molar-refractivity contribution >= 4 is 43.0 Å². The summed E-state index contributed by atoms with van der Waals surface area (Å²) in [5.41, 5.74) is 7.43. The van der Waals surface area contributed by atoms with Crippen LogP contribution in [0.3, 0.4) is 0 Å². The molecule has 0 saturated carbocycles. The third kappa shape index (κ3) is 3.27. The van der Waals surface area contributed by atoms with Crippen molar-refractivity contribution < 1.29 is 0 Å². The van der Waals surface area contributed by atoms with E-state index in [0.717, 1.165) is 55.3 Å². The number of rotatable bonds is 2. The van der Waals surface area contributed by atoms with Crippen LogP contribution in [-0.2, 0) is 13.0 Å². The van der Waals surface area contributed by atoms with Crippen molar-refractivity contribution in [2.24, 2.45) is 0 Å². The van der Waals surface area contributed by atoms with E-state index in [2.05, 4.69) is 72.9 Å². The van der Waals surface area contributed by atoms with E-state index in [0.29, 0.717) is 0 Å². The molecule has 1 atom stereocenters. The second kappa shape index (κ2) is 7.49. The molecule has 0 radical (unpaired) electrons. The van der Waals surface area contributed by atoms with E-state index >= 15 is 0 Å². The Hall–Kier alpha value is -2.65. The van der Waals surface area contributed by atoms with Crippen LogP contribution in [0.15, 0.2) is 42.5 Å². The van der Waals surface area contributed by atoms with Crippen LogP contribution in [0.5, 0.6) is 0 Å². The Morgan fingerprint density at radius 1 is 0.806 bits per heavy atom. The second-order valence-electron chi connectivity index (χ2n) is 8.91. The maximum atomic E-state index is 4.99. The SMILES string of the molecule is Cc1ccc2c3c(n(P)c2c1)CCN(c1ccc2nc(N4CCCCC4)ccc2n1)C3. The first-order valence-electron chi connectivity index (χ1n) is 11.3. The molecule has 1 unspecified atom stereocenters. The summed E-state index contributed by atoms with van der Waals surface area (Å²) >= 11 is 0. The summed E-state index contributed by atoms with van der Waals surface area (Å²) in [4.78, 5) is 14.7. The summed E-state index contributed by atoms with van der Waals surface area (Å²) in [6, 6.07) is 15.3. The molecule has 31 heavy (non-hydrogen) atoms. The number of aryl methyl sites for hydroxylation is 1. The van der Waals surface area contributed by atoms with Gasteiger partial charge < -0.3 is 14.1 Å². The highest BCUT2D eigenvalue weighted by Gasteiger charge is 2.24. The molecular weight excluding hydrogens is 401 g/mol. The third-order valence-electron chi connectivity index (χ3n) is 6.86. The zero-order valence-corrected chi connectivity index (χ0v) is 19.2. The Morgan fingerprint density at radius 3 is 2.26 bits per heavy atom.